The van der Waals surface area contributed by atoms with Gasteiger partial charge in [-0.25, -0.2) is 0 Å². The number of para-hydroxylation sites is 1. The monoisotopic (exact) mass is 315 g/mol. The van der Waals surface area contributed by atoms with Gasteiger partial charge >= 0.3 is 0 Å². The first kappa shape index (κ1) is 16.1. The summed E-state index contributed by atoms with van der Waals surface area (Å²) in [6.07, 6.45) is 8.02. The molecule has 0 saturated heterocycles. The van der Waals surface area contributed by atoms with Gasteiger partial charge in [-0.2, -0.15) is 4.58 Å². The van der Waals surface area contributed by atoms with Crippen molar-refractivity contribution >= 4 is 17.5 Å². The quantitative estimate of drug-likeness (QED) is 0.718. The van der Waals surface area contributed by atoms with Crippen LogP contribution in [-0.2, 0) is 5.41 Å². The molecule has 120 valence electrons. The summed E-state index contributed by atoms with van der Waals surface area (Å²) in [5, 5.41) is 0. The van der Waals surface area contributed by atoms with Gasteiger partial charge < -0.3 is 0 Å². The van der Waals surface area contributed by atoms with Crippen molar-refractivity contribution in [3.05, 3.63) is 90.3 Å². The van der Waals surface area contributed by atoms with Crippen molar-refractivity contribution < 1.29 is 4.58 Å². The van der Waals surface area contributed by atoms with Gasteiger partial charge in [0.05, 0.1) is 5.41 Å². The SMILES string of the molecule is C[N+]1=C(/C=C/c2cccccccnc2)C(C)(C)c2ccccc21. The lowest BCUT2D eigenvalue weighted by atomic mass is 9.81. The summed E-state index contributed by atoms with van der Waals surface area (Å²) in [5.41, 5.74) is 5.00. The van der Waals surface area contributed by atoms with Gasteiger partial charge in [0.25, 0.3) is 0 Å². The highest BCUT2D eigenvalue weighted by atomic mass is 15.0. The fourth-order valence-corrected chi connectivity index (χ4v) is 3.21. The number of hydrogen-bond acceptors (Lipinski definition) is 1. The predicted octanol–water partition coefficient (Wildman–Crippen LogP) is 4.93. The molecule has 3 rings (SSSR count). The topological polar surface area (TPSA) is 15.9 Å². The molecule has 0 atom stereocenters. The summed E-state index contributed by atoms with van der Waals surface area (Å²) >= 11 is 0. The Morgan fingerprint density at radius 2 is 1.58 bits per heavy atom. The van der Waals surface area contributed by atoms with Crippen LogP contribution in [0.2, 0.25) is 0 Å². The van der Waals surface area contributed by atoms with E-state index in [1.807, 2.05) is 36.5 Å². The minimum atomic E-state index is -0.00594. The standard InChI is InChI=1S/C22H23N2/c1-22(2)19-12-8-9-13-20(19)24(3)21(22)15-14-18-11-7-5-4-6-10-16-23-17-18/h4-17H,1-3H3/q+1. The molecule has 0 aliphatic carbocycles. The Kier molecular flexibility index (Phi) is 4.57. The van der Waals surface area contributed by atoms with E-state index in [0.717, 1.165) is 5.56 Å². The van der Waals surface area contributed by atoms with E-state index >= 15 is 0 Å². The van der Waals surface area contributed by atoms with Crippen LogP contribution in [-0.4, -0.2) is 22.3 Å². The van der Waals surface area contributed by atoms with Crippen LogP contribution in [0, 0.1) is 0 Å². The molecule has 0 saturated carbocycles. The molecule has 0 fully saturated rings. The molecule has 0 radical (unpaired) electrons. The van der Waals surface area contributed by atoms with Gasteiger partial charge in [-0.05, 0) is 31.6 Å². The Balaban J connectivity index is 2.00. The van der Waals surface area contributed by atoms with E-state index < -0.39 is 0 Å². The molecular weight excluding hydrogens is 292 g/mol. The number of aromatic nitrogens is 1. The molecule has 0 bridgehead atoms. The molecule has 2 heterocycles. The van der Waals surface area contributed by atoms with Crippen LogP contribution in [0.25, 0.3) is 6.08 Å². The van der Waals surface area contributed by atoms with E-state index in [2.05, 4.69) is 72.9 Å². The second-order valence-corrected chi connectivity index (χ2v) is 6.48. The normalized spacial score (nSPS) is 15.3. The minimum Gasteiger partial charge on any atom is -0.264 e. The van der Waals surface area contributed by atoms with Gasteiger partial charge in [0.1, 0.15) is 7.05 Å². The molecule has 0 N–H and O–H groups in total. The van der Waals surface area contributed by atoms with Crippen molar-refractivity contribution in [2.75, 3.05) is 7.05 Å². The Labute approximate surface area is 144 Å². The van der Waals surface area contributed by atoms with Gasteiger partial charge in [0, 0.05) is 30.1 Å². The summed E-state index contributed by atoms with van der Waals surface area (Å²) in [7, 11) is 2.14. The zero-order valence-corrected chi connectivity index (χ0v) is 14.5. The molecular formula is C22H23N2+. The van der Waals surface area contributed by atoms with Crippen LogP contribution in [0.3, 0.4) is 0 Å². The largest absolute Gasteiger partial charge is 0.264 e. The molecule has 1 aromatic carbocycles. The molecule has 2 nitrogen and oxygen atoms in total. The molecule has 1 aromatic heterocycles. The Morgan fingerprint density at radius 3 is 2.42 bits per heavy atom. The first-order chi connectivity index (χ1) is 11.6. The second-order valence-electron chi connectivity index (χ2n) is 6.48. The third kappa shape index (κ3) is 3.13. The van der Waals surface area contributed by atoms with Crippen molar-refractivity contribution in [3.63, 3.8) is 0 Å². The highest BCUT2D eigenvalue weighted by molar-refractivity contribution is 6.05. The van der Waals surface area contributed by atoms with Gasteiger partial charge in [-0.15, -0.1) is 0 Å². The van der Waals surface area contributed by atoms with Crippen LogP contribution in [0.1, 0.15) is 25.0 Å². The summed E-state index contributed by atoms with van der Waals surface area (Å²) in [6.45, 7) is 4.55. The van der Waals surface area contributed by atoms with Crippen molar-refractivity contribution in [3.8, 4) is 0 Å². The van der Waals surface area contributed by atoms with Crippen molar-refractivity contribution in [1.29, 1.82) is 0 Å². The first-order valence-corrected chi connectivity index (χ1v) is 8.23. The van der Waals surface area contributed by atoms with Crippen molar-refractivity contribution in [1.82, 2.24) is 4.98 Å². The maximum atomic E-state index is 4.32. The van der Waals surface area contributed by atoms with E-state index in [-0.39, 0.29) is 5.41 Å². The summed E-state index contributed by atoms with van der Waals surface area (Å²) in [4.78, 5) is 4.32. The third-order valence-corrected chi connectivity index (χ3v) is 4.50. The van der Waals surface area contributed by atoms with Gasteiger partial charge in [-0.3, -0.25) is 4.98 Å². The highest BCUT2D eigenvalue weighted by Crippen LogP contribution is 2.39. The maximum Gasteiger partial charge on any atom is 0.209 e. The maximum absolute atomic E-state index is 4.32. The average molecular weight is 315 g/mol. The Hall–Kier alpha value is -2.74. The minimum absolute atomic E-state index is 0.00594. The first-order valence-electron chi connectivity index (χ1n) is 8.23. The zero-order chi connectivity index (χ0) is 17.0. The third-order valence-electron chi connectivity index (χ3n) is 4.50. The lowest BCUT2D eigenvalue weighted by molar-refractivity contribution is -0.401. The number of benzene rings is 1. The zero-order valence-electron chi connectivity index (χ0n) is 14.5. The Morgan fingerprint density at radius 1 is 0.875 bits per heavy atom. The van der Waals surface area contributed by atoms with Crippen LogP contribution in [0.4, 0.5) is 5.69 Å². The summed E-state index contributed by atoms with van der Waals surface area (Å²) < 4.78 is 2.28. The molecule has 1 aliphatic rings. The van der Waals surface area contributed by atoms with Gasteiger partial charge in [0.15, 0.2) is 5.71 Å². The summed E-state index contributed by atoms with van der Waals surface area (Å²) in [6, 6.07) is 20.6. The average Bonchev–Trinajstić information content (AvgIpc) is 2.78. The second kappa shape index (κ2) is 6.79. The molecule has 2 aromatic rings. The molecule has 24 heavy (non-hydrogen) atoms. The number of nitrogens with zero attached hydrogens (tertiary/aromatic N) is 2. The van der Waals surface area contributed by atoms with Gasteiger partial charge in [-0.1, -0.05) is 48.5 Å². The van der Waals surface area contributed by atoms with E-state index in [9.17, 15) is 0 Å². The number of rotatable bonds is 2. The molecule has 2 heteroatoms. The lowest BCUT2D eigenvalue weighted by Gasteiger charge is -2.15. The van der Waals surface area contributed by atoms with Crippen LogP contribution in [0.15, 0.2) is 79.1 Å². The molecule has 1 aliphatic heterocycles. The van der Waals surface area contributed by atoms with Crippen LogP contribution in [0.5, 0.6) is 0 Å². The van der Waals surface area contributed by atoms with E-state index in [1.54, 1.807) is 6.20 Å². The molecule has 0 spiro atoms. The van der Waals surface area contributed by atoms with Crippen molar-refractivity contribution in [2.45, 2.75) is 19.3 Å². The van der Waals surface area contributed by atoms with E-state index in [4.69, 9.17) is 0 Å². The van der Waals surface area contributed by atoms with E-state index in [0.29, 0.717) is 0 Å². The lowest BCUT2D eigenvalue weighted by Crippen LogP contribution is -2.26. The fraction of sp³-hybridized carbons (Fsp3) is 0.182. The predicted molar refractivity (Wildman–Crippen MR) is 101 cm³/mol. The van der Waals surface area contributed by atoms with E-state index in [1.165, 1.54) is 17.0 Å². The molecule has 0 amide bonds. The highest BCUT2D eigenvalue weighted by Gasteiger charge is 2.42. The van der Waals surface area contributed by atoms with Crippen LogP contribution < -0.4 is 0 Å². The number of hydrogen-bond donors (Lipinski definition) is 0. The molecule has 0 unspecified atom stereocenters. The number of fused-ring (bicyclic) bond motifs is 1. The van der Waals surface area contributed by atoms with Gasteiger partial charge in [0.2, 0.25) is 5.69 Å². The summed E-state index contributed by atoms with van der Waals surface area (Å²) in [5.74, 6) is 0. The van der Waals surface area contributed by atoms with Crippen LogP contribution >= 0.6 is 0 Å². The van der Waals surface area contributed by atoms with Crippen molar-refractivity contribution in [2.24, 2.45) is 0 Å². The number of allylic oxidation sites excluding steroid dienone is 1. The fourth-order valence-electron chi connectivity index (χ4n) is 3.21. The smallest absolute Gasteiger partial charge is 0.209 e. The Bertz CT molecular complexity index is 834.